The number of amides is 3. The maximum Gasteiger partial charge on any atom is 0.417 e. The van der Waals surface area contributed by atoms with E-state index in [2.05, 4.69) is 11.9 Å². The van der Waals surface area contributed by atoms with Crippen molar-refractivity contribution in [2.24, 2.45) is 0 Å². The normalized spacial score (nSPS) is 18.6. The first kappa shape index (κ1) is 22.1. The van der Waals surface area contributed by atoms with Crippen LogP contribution in [0.15, 0.2) is 55.1 Å². The first-order valence-electron chi connectivity index (χ1n) is 9.18. The highest BCUT2D eigenvalue weighted by Gasteiger charge is 2.53. The van der Waals surface area contributed by atoms with Gasteiger partial charge in [-0.3, -0.25) is 4.79 Å². The lowest BCUT2D eigenvalue weighted by Crippen LogP contribution is -2.48. The van der Waals surface area contributed by atoms with E-state index in [0.717, 1.165) is 17.7 Å². The molecular formula is C22H18F3N3O3. The van der Waals surface area contributed by atoms with E-state index in [1.54, 1.807) is 24.3 Å². The van der Waals surface area contributed by atoms with Gasteiger partial charge in [-0.15, -0.1) is 6.58 Å². The lowest BCUT2D eigenvalue weighted by molar-refractivity contribution is -0.137. The van der Waals surface area contributed by atoms with E-state index in [4.69, 9.17) is 10.00 Å². The van der Waals surface area contributed by atoms with Gasteiger partial charge in [0.25, 0.3) is 5.91 Å². The Hall–Kier alpha value is -3.64. The molecule has 2 aromatic carbocycles. The number of rotatable bonds is 6. The molecule has 160 valence electrons. The topological polar surface area (TPSA) is 82.4 Å². The Morgan fingerprint density at radius 3 is 2.48 bits per heavy atom. The van der Waals surface area contributed by atoms with Crippen LogP contribution in [0.5, 0.6) is 0 Å². The molecule has 1 saturated heterocycles. The number of benzene rings is 2. The predicted molar refractivity (Wildman–Crippen MR) is 106 cm³/mol. The van der Waals surface area contributed by atoms with Crippen LogP contribution in [-0.4, -0.2) is 25.2 Å². The molecule has 1 heterocycles. The molecule has 1 aliphatic rings. The molecule has 1 fully saturated rings. The number of urea groups is 1. The number of nitrogens with one attached hydrogen (secondary N) is 1. The number of aryl methyl sites for hydroxylation is 1. The number of ether oxygens (including phenoxy) is 1. The zero-order valence-corrected chi connectivity index (χ0v) is 16.5. The lowest BCUT2D eigenvalue weighted by Gasteiger charge is -2.27. The fourth-order valence-corrected chi connectivity index (χ4v) is 3.32. The minimum Gasteiger partial charge on any atom is -0.374 e. The quantitative estimate of drug-likeness (QED) is 0.427. The fraction of sp³-hybridized carbons (Fsp3) is 0.227. The number of carbonyl (C=O) groups is 2. The molecule has 9 heteroatoms. The second-order valence-electron chi connectivity index (χ2n) is 6.99. The van der Waals surface area contributed by atoms with Gasteiger partial charge in [-0.05, 0) is 30.7 Å². The Labute approximate surface area is 176 Å². The third kappa shape index (κ3) is 4.02. The molecule has 3 amide bonds. The van der Waals surface area contributed by atoms with Crippen LogP contribution in [0.1, 0.15) is 22.3 Å². The van der Waals surface area contributed by atoms with Gasteiger partial charge < -0.3 is 10.1 Å². The summed E-state index contributed by atoms with van der Waals surface area (Å²) in [5.74, 6) is -0.789. The van der Waals surface area contributed by atoms with Crippen LogP contribution in [0.25, 0.3) is 0 Å². The van der Waals surface area contributed by atoms with Gasteiger partial charge in [-0.25, -0.2) is 9.69 Å². The van der Waals surface area contributed by atoms with Crippen molar-refractivity contribution in [2.75, 3.05) is 18.1 Å². The van der Waals surface area contributed by atoms with Crippen molar-refractivity contribution >= 4 is 17.6 Å². The van der Waals surface area contributed by atoms with E-state index >= 15 is 0 Å². The number of imide groups is 1. The van der Waals surface area contributed by atoms with Crippen molar-refractivity contribution in [1.82, 2.24) is 5.32 Å². The van der Waals surface area contributed by atoms with Gasteiger partial charge in [0, 0.05) is 0 Å². The fourth-order valence-electron chi connectivity index (χ4n) is 3.32. The van der Waals surface area contributed by atoms with Gasteiger partial charge in [-0.2, -0.15) is 18.4 Å². The number of hydrogen-bond donors (Lipinski definition) is 1. The summed E-state index contributed by atoms with van der Waals surface area (Å²) in [6.45, 7) is 5.24. The van der Waals surface area contributed by atoms with E-state index in [0.29, 0.717) is 16.5 Å². The SMILES string of the molecule is C=CCOCC1(c2ccc(C)cc2)NC(=O)N(c2ccc(C#N)c(C(F)(F)F)c2)C1=O. The molecule has 0 saturated carbocycles. The highest BCUT2D eigenvalue weighted by atomic mass is 19.4. The maximum atomic E-state index is 13.4. The van der Waals surface area contributed by atoms with Crippen LogP contribution in [0, 0.1) is 18.3 Å². The average Bonchev–Trinajstić information content (AvgIpc) is 2.98. The first-order valence-corrected chi connectivity index (χ1v) is 9.18. The monoisotopic (exact) mass is 429 g/mol. The van der Waals surface area contributed by atoms with Crippen molar-refractivity contribution < 1.29 is 27.5 Å². The molecule has 6 nitrogen and oxygen atoms in total. The summed E-state index contributed by atoms with van der Waals surface area (Å²) in [5, 5.41) is 11.6. The van der Waals surface area contributed by atoms with Gasteiger partial charge in [-0.1, -0.05) is 35.9 Å². The largest absolute Gasteiger partial charge is 0.417 e. The van der Waals surface area contributed by atoms with Crippen molar-refractivity contribution in [3.05, 3.63) is 77.4 Å². The second-order valence-corrected chi connectivity index (χ2v) is 6.99. The standard InChI is InChI=1S/C22H18F3N3O3/c1-3-10-31-13-21(16-7-4-14(2)5-8-16)19(29)28(20(30)27-21)17-9-6-15(12-26)18(11-17)22(23,24)25/h3-9,11H,1,10,13H2,2H3,(H,27,30). The first-order chi connectivity index (χ1) is 14.6. The average molecular weight is 429 g/mol. The molecular weight excluding hydrogens is 411 g/mol. The summed E-state index contributed by atoms with van der Waals surface area (Å²) in [7, 11) is 0. The third-order valence-corrected chi connectivity index (χ3v) is 4.88. The molecule has 0 bridgehead atoms. The summed E-state index contributed by atoms with van der Waals surface area (Å²) in [6, 6.07) is 10.0. The lowest BCUT2D eigenvalue weighted by atomic mass is 9.89. The number of anilines is 1. The number of halogens is 3. The van der Waals surface area contributed by atoms with E-state index in [-0.39, 0.29) is 18.9 Å². The van der Waals surface area contributed by atoms with Crippen molar-refractivity contribution in [3.8, 4) is 6.07 Å². The Morgan fingerprint density at radius 1 is 1.23 bits per heavy atom. The number of alkyl halides is 3. The van der Waals surface area contributed by atoms with Crippen LogP contribution in [0.3, 0.4) is 0 Å². The summed E-state index contributed by atoms with van der Waals surface area (Å²) in [4.78, 5) is 26.8. The van der Waals surface area contributed by atoms with Gasteiger partial charge in [0.1, 0.15) is 0 Å². The molecule has 31 heavy (non-hydrogen) atoms. The van der Waals surface area contributed by atoms with Crippen LogP contribution in [-0.2, 0) is 21.2 Å². The zero-order chi connectivity index (χ0) is 22.8. The Kier molecular flexibility index (Phi) is 5.86. The Bertz CT molecular complexity index is 1070. The Morgan fingerprint density at radius 2 is 1.90 bits per heavy atom. The maximum absolute atomic E-state index is 13.4. The van der Waals surface area contributed by atoms with Crippen molar-refractivity contribution in [1.29, 1.82) is 5.26 Å². The predicted octanol–water partition coefficient (Wildman–Crippen LogP) is 4.04. The van der Waals surface area contributed by atoms with Crippen molar-refractivity contribution in [2.45, 2.75) is 18.6 Å². The van der Waals surface area contributed by atoms with E-state index in [1.807, 2.05) is 6.92 Å². The highest BCUT2D eigenvalue weighted by molar-refractivity contribution is 6.23. The van der Waals surface area contributed by atoms with Gasteiger partial charge in [0.2, 0.25) is 0 Å². The smallest absolute Gasteiger partial charge is 0.374 e. The van der Waals surface area contributed by atoms with Crippen LogP contribution < -0.4 is 10.2 Å². The molecule has 1 aliphatic heterocycles. The molecule has 0 radical (unpaired) electrons. The van der Waals surface area contributed by atoms with Crippen LogP contribution >= 0.6 is 0 Å². The number of nitriles is 1. The molecule has 0 spiro atoms. The molecule has 0 aliphatic carbocycles. The van der Waals surface area contributed by atoms with Gasteiger partial charge in [0.05, 0.1) is 36.1 Å². The van der Waals surface area contributed by atoms with E-state index < -0.39 is 34.8 Å². The van der Waals surface area contributed by atoms with Crippen molar-refractivity contribution in [3.63, 3.8) is 0 Å². The number of hydrogen-bond acceptors (Lipinski definition) is 4. The van der Waals surface area contributed by atoms with E-state index in [9.17, 15) is 22.8 Å². The molecule has 1 atom stereocenters. The minimum absolute atomic E-state index is 0.103. The van der Waals surface area contributed by atoms with Gasteiger partial charge >= 0.3 is 12.2 Å². The molecule has 1 unspecified atom stereocenters. The third-order valence-electron chi connectivity index (χ3n) is 4.88. The molecule has 2 aromatic rings. The molecule has 1 N–H and O–H groups in total. The molecule has 0 aromatic heterocycles. The van der Waals surface area contributed by atoms with Crippen LogP contribution in [0.2, 0.25) is 0 Å². The van der Waals surface area contributed by atoms with Crippen LogP contribution in [0.4, 0.5) is 23.7 Å². The minimum atomic E-state index is -4.83. The van der Waals surface area contributed by atoms with Gasteiger partial charge in [0.15, 0.2) is 5.54 Å². The Balaban J connectivity index is 2.09. The number of nitrogens with zero attached hydrogens (tertiary/aromatic N) is 2. The van der Waals surface area contributed by atoms with E-state index in [1.165, 1.54) is 12.1 Å². The second kappa shape index (κ2) is 8.24. The summed E-state index contributed by atoms with van der Waals surface area (Å²) in [5.41, 5.74) is -2.42. The summed E-state index contributed by atoms with van der Waals surface area (Å²) in [6.07, 6.45) is -3.36. The number of carbonyl (C=O) groups excluding carboxylic acids is 2. The summed E-state index contributed by atoms with van der Waals surface area (Å²) >= 11 is 0. The highest BCUT2D eigenvalue weighted by Crippen LogP contribution is 2.37. The summed E-state index contributed by atoms with van der Waals surface area (Å²) < 4.78 is 45.6. The zero-order valence-electron chi connectivity index (χ0n) is 16.5. The molecule has 3 rings (SSSR count).